The lowest BCUT2D eigenvalue weighted by molar-refractivity contribution is 0.455. The second kappa shape index (κ2) is 6.21. The van der Waals surface area contributed by atoms with E-state index in [9.17, 15) is 0 Å². The van der Waals surface area contributed by atoms with Crippen molar-refractivity contribution in [2.45, 2.75) is 26.3 Å². The van der Waals surface area contributed by atoms with Crippen LogP contribution in [0, 0.1) is 6.92 Å². The molecule has 2 aromatic rings. The maximum absolute atomic E-state index is 5.43. The molecule has 0 radical (unpaired) electrons. The highest BCUT2D eigenvalue weighted by molar-refractivity contribution is 9.10. The smallest absolute Gasteiger partial charge is 0.105 e. The fourth-order valence-corrected chi connectivity index (χ4v) is 2.41. The van der Waals surface area contributed by atoms with Gasteiger partial charge in [0.2, 0.25) is 0 Å². The largest absolute Gasteiger partial charge is 0.469 e. The Kier molecular flexibility index (Phi) is 4.61. The number of nitrogens with one attached hydrogen (secondary N) is 1. The first-order valence-electron chi connectivity index (χ1n) is 6.22. The summed E-state index contributed by atoms with van der Waals surface area (Å²) >= 11 is 3.59. The van der Waals surface area contributed by atoms with Crippen LogP contribution in [0.25, 0.3) is 0 Å². The number of hydrogen-bond donors (Lipinski definition) is 1. The second-order valence-corrected chi connectivity index (χ2v) is 5.26. The molecule has 1 aromatic carbocycles. The lowest BCUT2D eigenvalue weighted by atomic mass is 10.0. The van der Waals surface area contributed by atoms with Gasteiger partial charge in [-0.25, -0.2) is 0 Å². The normalized spacial score (nSPS) is 12.6. The van der Waals surface area contributed by atoms with Gasteiger partial charge in [-0.15, -0.1) is 0 Å². The molecule has 0 bridgehead atoms. The van der Waals surface area contributed by atoms with Crippen molar-refractivity contribution in [3.8, 4) is 0 Å². The third kappa shape index (κ3) is 3.24. The highest BCUT2D eigenvalue weighted by atomic mass is 79.9. The Morgan fingerprint density at radius 1 is 1.33 bits per heavy atom. The fourth-order valence-electron chi connectivity index (χ4n) is 2.01. The summed E-state index contributed by atoms with van der Waals surface area (Å²) in [5, 5.41) is 3.50. The SMILES string of the molecule is CCNC(Cc1ccco1)c1ccc(C)c(Br)c1. The third-order valence-corrected chi connectivity index (χ3v) is 3.89. The number of halogens is 1. The van der Waals surface area contributed by atoms with Crippen LogP contribution in [0.1, 0.15) is 29.9 Å². The molecule has 0 aliphatic carbocycles. The van der Waals surface area contributed by atoms with E-state index in [1.165, 1.54) is 11.1 Å². The molecule has 0 amide bonds. The van der Waals surface area contributed by atoms with Gasteiger partial charge in [0.15, 0.2) is 0 Å². The Labute approximate surface area is 117 Å². The van der Waals surface area contributed by atoms with Crippen LogP contribution in [0.2, 0.25) is 0 Å². The van der Waals surface area contributed by atoms with Gasteiger partial charge in [0, 0.05) is 16.9 Å². The lowest BCUT2D eigenvalue weighted by Gasteiger charge is -2.18. The predicted molar refractivity (Wildman–Crippen MR) is 77.7 cm³/mol. The summed E-state index contributed by atoms with van der Waals surface area (Å²) in [5.41, 5.74) is 2.54. The molecular formula is C15H18BrNO. The topological polar surface area (TPSA) is 25.2 Å². The Morgan fingerprint density at radius 3 is 2.78 bits per heavy atom. The van der Waals surface area contributed by atoms with Gasteiger partial charge in [-0.2, -0.15) is 0 Å². The van der Waals surface area contributed by atoms with Crippen molar-refractivity contribution in [3.05, 3.63) is 58.0 Å². The van der Waals surface area contributed by atoms with Gasteiger partial charge in [0.1, 0.15) is 5.76 Å². The van der Waals surface area contributed by atoms with E-state index in [1.807, 2.05) is 12.1 Å². The minimum Gasteiger partial charge on any atom is -0.469 e. The Balaban J connectivity index is 2.20. The molecule has 1 N–H and O–H groups in total. The van der Waals surface area contributed by atoms with E-state index in [2.05, 4.69) is 53.3 Å². The summed E-state index contributed by atoms with van der Waals surface area (Å²) in [6.45, 7) is 5.16. The molecule has 0 saturated carbocycles. The van der Waals surface area contributed by atoms with Gasteiger partial charge in [-0.05, 0) is 42.8 Å². The molecule has 2 rings (SSSR count). The van der Waals surface area contributed by atoms with E-state index in [0.717, 1.165) is 23.2 Å². The standard InChI is InChI=1S/C15H18BrNO/c1-3-17-15(10-13-5-4-8-18-13)12-7-6-11(2)14(16)9-12/h4-9,15,17H,3,10H2,1-2H3. The highest BCUT2D eigenvalue weighted by Gasteiger charge is 2.13. The van der Waals surface area contributed by atoms with Crippen molar-refractivity contribution >= 4 is 15.9 Å². The van der Waals surface area contributed by atoms with Crippen molar-refractivity contribution in [2.75, 3.05) is 6.54 Å². The molecule has 1 heterocycles. The van der Waals surface area contributed by atoms with Crippen molar-refractivity contribution in [1.29, 1.82) is 0 Å². The molecule has 0 aliphatic rings. The number of hydrogen-bond acceptors (Lipinski definition) is 2. The summed E-state index contributed by atoms with van der Waals surface area (Å²) in [6.07, 6.45) is 2.60. The first-order valence-corrected chi connectivity index (χ1v) is 7.01. The van der Waals surface area contributed by atoms with Crippen LogP contribution >= 0.6 is 15.9 Å². The van der Waals surface area contributed by atoms with Crippen LogP contribution in [0.4, 0.5) is 0 Å². The average Bonchev–Trinajstić information content (AvgIpc) is 2.85. The molecule has 1 unspecified atom stereocenters. The number of benzene rings is 1. The van der Waals surface area contributed by atoms with Crippen LogP contribution < -0.4 is 5.32 Å². The molecule has 0 spiro atoms. The summed E-state index contributed by atoms with van der Waals surface area (Å²) in [6, 6.07) is 10.8. The minimum absolute atomic E-state index is 0.290. The van der Waals surface area contributed by atoms with Crippen LogP contribution in [0.3, 0.4) is 0 Å². The first-order chi connectivity index (χ1) is 8.70. The summed E-state index contributed by atoms with van der Waals surface area (Å²) < 4.78 is 6.59. The van der Waals surface area contributed by atoms with Gasteiger partial charge in [-0.3, -0.25) is 0 Å². The van der Waals surface area contributed by atoms with Crippen LogP contribution in [0.15, 0.2) is 45.5 Å². The Morgan fingerprint density at radius 2 is 2.17 bits per heavy atom. The first kappa shape index (κ1) is 13.4. The highest BCUT2D eigenvalue weighted by Crippen LogP contribution is 2.24. The Bertz CT molecular complexity index is 493. The zero-order valence-corrected chi connectivity index (χ0v) is 12.3. The maximum atomic E-state index is 5.43. The molecular weight excluding hydrogens is 290 g/mol. The van der Waals surface area contributed by atoms with E-state index in [4.69, 9.17) is 4.42 Å². The predicted octanol–water partition coefficient (Wildman–Crippen LogP) is 4.24. The second-order valence-electron chi connectivity index (χ2n) is 4.40. The average molecular weight is 308 g/mol. The zero-order valence-electron chi connectivity index (χ0n) is 10.7. The van der Waals surface area contributed by atoms with E-state index in [1.54, 1.807) is 6.26 Å². The van der Waals surface area contributed by atoms with Crippen molar-refractivity contribution < 1.29 is 4.42 Å². The number of likely N-dealkylation sites (N-methyl/N-ethyl adjacent to an activating group) is 1. The number of furan rings is 1. The molecule has 0 saturated heterocycles. The van der Waals surface area contributed by atoms with Gasteiger partial charge < -0.3 is 9.73 Å². The number of rotatable bonds is 5. The van der Waals surface area contributed by atoms with Crippen LogP contribution in [-0.2, 0) is 6.42 Å². The molecule has 0 aliphatic heterocycles. The van der Waals surface area contributed by atoms with Crippen LogP contribution in [0.5, 0.6) is 0 Å². The van der Waals surface area contributed by atoms with Crippen molar-refractivity contribution in [2.24, 2.45) is 0 Å². The third-order valence-electron chi connectivity index (χ3n) is 3.03. The van der Waals surface area contributed by atoms with Gasteiger partial charge >= 0.3 is 0 Å². The van der Waals surface area contributed by atoms with E-state index < -0.39 is 0 Å². The number of aryl methyl sites for hydroxylation is 1. The lowest BCUT2D eigenvalue weighted by Crippen LogP contribution is -2.22. The van der Waals surface area contributed by atoms with Gasteiger partial charge in [0.05, 0.1) is 6.26 Å². The molecule has 1 aromatic heterocycles. The molecule has 0 fully saturated rings. The maximum Gasteiger partial charge on any atom is 0.105 e. The zero-order chi connectivity index (χ0) is 13.0. The molecule has 3 heteroatoms. The summed E-state index contributed by atoms with van der Waals surface area (Å²) in [7, 11) is 0. The summed E-state index contributed by atoms with van der Waals surface area (Å²) in [5.74, 6) is 1.01. The van der Waals surface area contributed by atoms with Crippen molar-refractivity contribution in [1.82, 2.24) is 5.32 Å². The fraction of sp³-hybridized carbons (Fsp3) is 0.333. The molecule has 1 atom stereocenters. The quantitative estimate of drug-likeness (QED) is 0.893. The van der Waals surface area contributed by atoms with Crippen LogP contribution in [-0.4, -0.2) is 6.54 Å². The van der Waals surface area contributed by atoms with Gasteiger partial charge in [-0.1, -0.05) is 35.0 Å². The molecule has 2 nitrogen and oxygen atoms in total. The van der Waals surface area contributed by atoms with Gasteiger partial charge in [0.25, 0.3) is 0 Å². The minimum atomic E-state index is 0.290. The summed E-state index contributed by atoms with van der Waals surface area (Å²) in [4.78, 5) is 0. The molecule has 18 heavy (non-hydrogen) atoms. The Hall–Kier alpha value is -1.06. The molecule has 96 valence electrons. The van der Waals surface area contributed by atoms with E-state index in [-0.39, 0.29) is 6.04 Å². The van der Waals surface area contributed by atoms with E-state index in [0.29, 0.717) is 0 Å². The van der Waals surface area contributed by atoms with E-state index >= 15 is 0 Å². The monoisotopic (exact) mass is 307 g/mol. The van der Waals surface area contributed by atoms with Crippen molar-refractivity contribution in [3.63, 3.8) is 0 Å².